The minimum atomic E-state index is -0.582. The van der Waals surface area contributed by atoms with Crippen LogP contribution >= 0.6 is 0 Å². The lowest BCUT2D eigenvalue weighted by Gasteiger charge is -2.26. The van der Waals surface area contributed by atoms with Crippen LogP contribution in [0.5, 0.6) is 23.0 Å². The summed E-state index contributed by atoms with van der Waals surface area (Å²) in [5, 5.41) is 10.6. The summed E-state index contributed by atoms with van der Waals surface area (Å²) in [5.74, 6) is 0.889. The molecule has 1 heterocycles. The summed E-state index contributed by atoms with van der Waals surface area (Å²) in [7, 11) is 3.29. The number of esters is 1. The molecule has 1 saturated heterocycles. The van der Waals surface area contributed by atoms with E-state index in [0.29, 0.717) is 37.4 Å². The highest BCUT2D eigenvalue weighted by Gasteiger charge is 2.18. The third-order valence-corrected chi connectivity index (χ3v) is 7.96. The predicted octanol–water partition coefficient (Wildman–Crippen LogP) is 7.06. The summed E-state index contributed by atoms with van der Waals surface area (Å²) in [4.78, 5) is 27.3. The van der Waals surface area contributed by atoms with Gasteiger partial charge < -0.3 is 29.0 Å². The molecule has 4 aromatic rings. The Bertz CT molecular complexity index is 1770. The number of nitrogens with zero attached hydrogens (tertiary/aromatic N) is 1. The zero-order valence-electron chi connectivity index (χ0n) is 26.4. The number of carbonyl (C=O) groups excluding carboxylic acids is 2. The van der Waals surface area contributed by atoms with Crippen LogP contribution in [0.15, 0.2) is 72.8 Å². The van der Waals surface area contributed by atoms with Gasteiger partial charge in [0.2, 0.25) is 0 Å². The fraction of sp³-hybridized carbons (Fsp3) is 0.211. The SMILES string of the molecule is COc1cc(C=Cc2ccc(C(=O)Oc3ccc(C=Cc4ccc(C(=O)N5CCOCC5)cc4)cc3O)cc2)c(OC)c(C)c1C. The Kier molecular flexibility index (Phi) is 10.2. The quantitative estimate of drug-likeness (QED) is 0.122. The van der Waals surface area contributed by atoms with Crippen LogP contribution in [-0.2, 0) is 4.74 Å². The number of ether oxygens (including phenoxy) is 4. The molecule has 1 N–H and O–H groups in total. The first-order valence-electron chi connectivity index (χ1n) is 15.0. The van der Waals surface area contributed by atoms with E-state index in [1.165, 1.54) is 6.07 Å². The minimum absolute atomic E-state index is 0.00253. The van der Waals surface area contributed by atoms with Crippen LogP contribution in [0.25, 0.3) is 24.3 Å². The molecule has 4 aromatic carbocycles. The van der Waals surface area contributed by atoms with Crippen molar-refractivity contribution in [2.45, 2.75) is 13.8 Å². The average molecular weight is 620 g/mol. The van der Waals surface area contributed by atoms with E-state index in [1.807, 2.05) is 68.5 Å². The lowest BCUT2D eigenvalue weighted by molar-refractivity contribution is 0.0303. The third kappa shape index (κ3) is 7.47. The first-order valence-corrected chi connectivity index (χ1v) is 15.0. The van der Waals surface area contributed by atoms with Gasteiger partial charge in [-0.1, -0.05) is 54.6 Å². The number of hydrogen-bond acceptors (Lipinski definition) is 7. The molecule has 46 heavy (non-hydrogen) atoms. The van der Waals surface area contributed by atoms with Crippen LogP contribution in [0.4, 0.5) is 0 Å². The van der Waals surface area contributed by atoms with E-state index in [-0.39, 0.29) is 17.4 Å². The van der Waals surface area contributed by atoms with Crippen molar-refractivity contribution < 1.29 is 33.6 Å². The van der Waals surface area contributed by atoms with Crippen molar-refractivity contribution in [3.8, 4) is 23.0 Å². The van der Waals surface area contributed by atoms with Gasteiger partial charge in [0.15, 0.2) is 11.5 Å². The number of hydrogen-bond donors (Lipinski definition) is 1. The Labute approximate surface area is 269 Å². The zero-order chi connectivity index (χ0) is 32.6. The molecule has 8 heteroatoms. The van der Waals surface area contributed by atoms with E-state index < -0.39 is 5.97 Å². The van der Waals surface area contributed by atoms with Crippen molar-refractivity contribution in [1.29, 1.82) is 0 Å². The van der Waals surface area contributed by atoms with E-state index in [9.17, 15) is 14.7 Å². The first kappa shape index (κ1) is 32.1. The molecule has 0 radical (unpaired) electrons. The van der Waals surface area contributed by atoms with E-state index in [2.05, 4.69) is 0 Å². The average Bonchev–Trinajstić information content (AvgIpc) is 3.09. The largest absolute Gasteiger partial charge is 0.504 e. The molecular weight excluding hydrogens is 582 g/mol. The van der Waals surface area contributed by atoms with Gasteiger partial charge in [-0.3, -0.25) is 4.79 Å². The molecule has 0 bridgehead atoms. The third-order valence-electron chi connectivity index (χ3n) is 7.96. The van der Waals surface area contributed by atoms with Gasteiger partial charge in [0.05, 0.1) is 33.0 Å². The molecule has 0 aromatic heterocycles. The second-order valence-corrected chi connectivity index (χ2v) is 10.9. The predicted molar refractivity (Wildman–Crippen MR) is 180 cm³/mol. The number of carbonyl (C=O) groups is 2. The number of methoxy groups -OCH3 is 2. The molecule has 1 fully saturated rings. The molecule has 0 spiro atoms. The first-order chi connectivity index (χ1) is 22.3. The Morgan fingerprint density at radius 2 is 1.30 bits per heavy atom. The normalized spacial score (nSPS) is 13.3. The van der Waals surface area contributed by atoms with Gasteiger partial charge in [-0.25, -0.2) is 4.79 Å². The highest BCUT2D eigenvalue weighted by Crippen LogP contribution is 2.34. The highest BCUT2D eigenvalue weighted by molar-refractivity contribution is 5.94. The number of aromatic hydroxyl groups is 1. The van der Waals surface area contributed by atoms with Gasteiger partial charge >= 0.3 is 5.97 Å². The van der Waals surface area contributed by atoms with Gasteiger partial charge in [-0.05, 0) is 84.1 Å². The number of phenolic OH excluding ortho intramolecular Hbond substituents is 1. The van der Waals surface area contributed by atoms with Crippen LogP contribution in [0.3, 0.4) is 0 Å². The second-order valence-electron chi connectivity index (χ2n) is 10.9. The van der Waals surface area contributed by atoms with Gasteiger partial charge in [0, 0.05) is 24.2 Å². The summed E-state index contributed by atoms with van der Waals surface area (Å²) in [5.41, 5.74) is 6.41. The minimum Gasteiger partial charge on any atom is -0.504 e. The molecule has 8 nitrogen and oxygen atoms in total. The van der Waals surface area contributed by atoms with Crippen LogP contribution in [0.1, 0.15) is 54.1 Å². The number of morpholine rings is 1. The van der Waals surface area contributed by atoms with E-state index >= 15 is 0 Å². The number of benzene rings is 4. The van der Waals surface area contributed by atoms with E-state index in [4.69, 9.17) is 18.9 Å². The number of phenols is 1. The maximum atomic E-state index is 12.8. The molecule has 0 unspecified atom stereocenters. The lowest BCUT2D eigenvalue weighted by atomic mass is 10.0. The summed E-state index contributed by atoms with van der Waals surface area (Å²) >= 11 is 0. The maximum Gasteiger partial charge on any atom is 0.343 e. The summed E-state index contributed by atoms with van der Waals surface area (Å²) in [6.45, 7) is 6.31. The van der Waals surface area contributed by atoms with Crippen LogP contribution < -0.4 is 14.2 Å². The Hall–Kier alpha value is -5.34. The number of amides is 1. The second kappa shape index (κ2) is 14.6. The van der Waals surface area contributed by atoms with Crippen molar-refractivity contribution in [2.75, 3.05) is 40.5 Å². The molecule has 0 aliphatic carbocycles. The molecule has 1 amide bonds. The molecule has 236 valence electrons. The summed E-state index contributed by atoms with van der Waals surface area (Å²) in [6, 6.07) is 21.1. The monoisotopic (exact) mass is 619 g/mol. The van der Waals surface area contributed by atoms with Crippen molar-refractivity contribution >= 4 is 36.2 Å². The van der Waals surface area contributed by atoms with Crippen molar-refractivity contribution in [1.82, 2.24) is 4.90 Å². The van der Waals surface area contributed by atoms with E-state index in [1.54, 1.807) is 55.5 Å². The molecule has 1 aliphatic rings. The molecule has 5 rings (SSSR count). The van der Waals surface area contributed by atoms with Gasteiger partial charge in [0.25, 0.3) is 5.91 Å². The molecule has 1 aliphatic heterocycles. The van der Waals surface area contributed by atoms with Crippen LogP contribution in [0.2, 0.25) is 0 Å². The summed E-state index contributed by atoms with van der Waals surface area (Å²) < 4.78 is 21.9. The fourth-order valence-electron chi connectivity index (χ4n) is 5.17. The highest BCUT2D eigenvalue weighted by atomic mass is 16.5. The Morgan fingerprint density at radius 3 is 1.91 bits per heavy atom. The summed E-state index contributed by atoms with van der Waals surface area (Å²) in [6.07, 6.45) is 7.59. The van der Waals surface area contributed by atoms with E-state index in [0.717, 1.165) is 44.9 Å². The Balaban J connectivity index is 1.19. The Morgan fingerprint density at radius 1 is 0.717 bits per heavy atom. The van der Waals surface area contributed by atoms with Crippen LogP contribution in [0, 0.1) is 13.8 Å². The van der Waals surface area contributed by atoms with Gasteiger partial charge in [0.1, 0.15) is 11.5 Å². The smallest absolute Gasteiger partial charge is 0.343 e. The standard InChI is InChI=1S/C38H37NO7/c1-25-26(2)36(44-4)32(24-35(25)43-3)17-11-28-9-15-31(16-10-28)38(42)46-34-18-12-29(23-33(34)40)6-5-27-7-13-30(14-8-27)37(41)39-19-21-45-22-20-39/h5-18,23-24,40H,19-22H2,1-4H3. The van der Waals surface area contributed by atoms with Crippen molar-refractivity contribution in [3.63, 3.8) is 0 Å². The lowest BCUT2D eigenvalue weighted by Crippen LogP contribution is -2.40. The van der Waals surface area contributed by atoms with Crippen molar-refractivity contribution in [3.05, 3.63) is 117 Å². The molecule has 0 atom stereocenters. The van der Waals surface area contributed by atoms with Gasteiger partial charge in [-0.2, -0.15) is 0 Å². The topological polar surface area (TPSA) is 94.5 Å². The van der Waals surface area contributed by atoms with Crippen LogP contribution in [-0.4, -0.2) is 62.4 Å². The zero-order valence-corrected chi connectivity index (χ0v) is 26.4. The number of rotatable bonds is 9. The van der Waals surface area contributed by atoms with Gasteiger partial charge in [-0.15, -0.1) is 0 Å². The molecular formula is C38H37NO7. The van der Waals surface area contributed by atoms with Crippen molar-refractivity contribution in [2.24, 2.45) is 0 Å². The molecule has 0 saturated carbocycles. The maximum absolute atomic E-state index is 12.8. The fourth-order valence-corrected chi connectivity index (χ4v) is 5.17.